The van der Waals surface area contributed by atoms with Crippen LogP contribution in [-0.2, 0) is 30.5 Å². The lowest BCUT2D eigenvalue weighted by Crippen LogP contribution is -2.15. The zero-order valence-corrected chi connectivity index (χ0v) is 8.10. The fraction of sp³-hybridized carbons (Fsp3) is 0.417. The van der Waals surface area contributed by atoms with E-state index < -0.39 is 0 Å². The van der Waals surface area contributed by atoms with Crippen LogP contribution in [0.15, 0.2) is 6.07 Å². The predicted molar refractivity (Wildman–Crippen MR) is 55.6 cm³/mol. The molecule has 1 aromatic rings. The quantitative estimate of drug-likeness (QED) is 0.703. The van der Waals surface area contributed by atoms with Crippen LogP contribution < -0.4 is 5.32 Å². The first-order valence-electron chi connectivity index (χ1n) is 5.27. The van der Waals surface area contributed by atoms with Crippen molar-refractivity contribution in [2.24, 2.45) is 0 Å². The van der Waals surface area contributed by atoms with Crippen molar-refractivity contribution in [3.05, 3.63) is 28.3 Å². The van der Waals surface area contributed by atoms with E-state index in [4.69, 9.17) is 0 Å². The van der Waals surface area contributed by atoms with Crippen molar-refractivity contribution in [2.45, 2.75) is 32.1 Å². The van der Waals surface area contributed by atoms with Crippen LogP contribution in [0.4, 0.5) is 5.69 Å². The van der Waals surface area contributed by atoms with E-state index in [-0.39, 0.29) is 0 Å². The number of benzene rings is 1. The first-order chi connectivity index (χ1) is 6.90. The van der Waals surface area contributed by atoms with Crippen LogP contribution in [0.5, 0.6) is 0 Å². The number of anilines is 1. The first kappa shape index (κ1) is 8.04. The molecule has 0 bridgehead atoms. The van der Waals surface area contributed by atoms with E-state index in [0.717, 1.165) is 24.9 Å². The third kappa shape index (κ3) is 0.939. The number of carbonyl (C=O) groups is 1. The van der Waals surface area contributed by atoms with Gasteiger partial charge in [-0.05, 0) is 54.4 Å². The molecule has 0 fully saturated rings. The summed E-state index contributed by atoms with van der Waals surface area (Å²) in [6.07, 6.45) is 6.71. The summed E-state index contributed by atoms with van der Waals surface area (Å²) in [6, 6.07) is 2.34. The van der Waals surface area contributed by atoms with Crippen molar-refractivity contribution in [3.8, 4) is 0 Å². The minimum absolute atomic E-state index is 0.812. The molecule has 0 unspecified atom stereocenters. The highest BCUT2D eigenvalue weighted by molar-refractivity contribution is 5.79. The summed E-state index contributed by atoms with van der Waals surface area (Å²) in [7, 11) is 0. The van der Waals surface area contributed by atoms with Crippen LogP contribution in [0.3, 0.4) is 0 Å². The average Bonchev–Trinajstić information content (AvgIpc) is 2.58. The Labute approximate surface area is 83.3 Å². The molecule has 2 aliphatic carbocycles. The van der Waals surface area contributed by atoms with Crippen LogP contribution in [0, 0.1) is 0 Å². The minimum Gasteiger partial charge on any atom is -0.328 e. The molecule has 14 heavy (non-hydrogen) atoms. The summed E-state index contributed by atoms with van der Waals surface area (Å²) >= 11 is 0. The van der Waals surface area contributed by atoms with E-state index >= 15 is 0 Å². The molecule has 1 N–H and O–H groups in total. The highest BCUT2D eigenvalue weighted by Crippen LogP contribution is 2.39. The summed E-state index contributed by atoms with van der Waals surface area (Å²) in [5.74, 6) is 0. The van der Waals surface area contributed by atoms with E-state index in [0.29, 0.717) is 0 Å². The number of fused-ring (bicyclic) bond motifs is 2. The molecule has 0 atom stereocenters. The smallest absolute Gasteiger partial charge is 0.211 e. The highest BCUT2D eigenvalue weighted by Gasteiger charge is 2.24. The lowest BCUT2D eigenvalue weighted by Gasteiger charge is -2.25. The molecular formula is C12H13NO. The zero-order valence-electron chi connectivity index (χ0n) is 8.10. The number of amides is 1. The zero-order chi connectivity index (χ0) is 9.54. The molecule has 0 aliphatic heterocycles. The van der Waals surface area contributed by atoms with Gasteiger partial charge in [-0.15, -0.1) is 0 Å². The van der Waals surface area contributed by atoms with Crippen molar-refractivity contribution in [3.63, 3.8) is 0 Å². The Morgan fingerprint density at radius 1 is 1.07 bits per heavy atom. The number of aryl methyl sites for hydroxylation is 2. The van der Waals surface area contributed by atoms with Crippen molar-refractivity contribution >= 4 is 12.1 Å². The number of nitrogens with one attached hydrogen (secondary N) is 1. The Morgan fingerprint density at radius 3 is 2.57 bits per heavy atom. The molecule has 0 saturated carbocycles. The maximum Gasteiger partial charge on any atom is 0.211 e. The molecule has 2 nitrogen and oxygen atoms in total. The topological polar surface area (TPSA) is 29.1 Å². The van der Waals surface area contributed by atoms with Crippen molar-refractivity contribution < 1.29 is 4.79 Å². The molecule has 0 saturated heterocycles. The Hall–Kier alpha value is -1.31. The second kappa shape index (κ2) is 2.84. The van der Waals surface area contributed by atoms with Gasteiger partial charge in [0.05, 0.1) is 0 Å². The van der Waals surface area contributed by atoms with Crippen molar-refractivity contribution in [2.75, 3.05) is 5.32 Å². The van der Waals surface area contributed by atoms with E-state index in [1.165, 1.54) is 41.5 Å². The Morgan fingerprint density at radius 2 is 1.86 bits per heavy atom. The van der Waals surface area contributed by atoms with E-state index in [9.17, 15) is 4.79 Å². The van der Waals surface area contributed by atoms with Crippen LogP contribution in [0.2, 0.25) is 0 Å². The van der Waals surface area contributed by atoms with Crippen LogP contribution in [0.1, 0.15) is 28.7 Å². The van der Waals surface area contributed by atoms with Gasteiger partial charge < -0.3 is 5.32 Å². The number of rotatable bonds is 2. The summed E-state index contributed by atoms with van der Waals surface area (Å²) in [5.41, 5.74) is 6.84. The largest absolute Gasteiger partial charge is 0.328 e. The molecule has 2 heteroatoms. The first-order valence-corrected chi connectivity index (χ1v) is 5.27. The normalized spacial score (nSPS) is 16.9. The third-order valence-corrected chi connectivity index (χ3v) is 3.45. The van der Waals surface area contributed by atoms with Gasteiger partial charge in [-0.25, -0.2) is 0 Å². The van der Waals surface area contributed by atoms with Gasteiger partial charge in [-0.3, -0.25) is 4.79 Å². The van der Waals surface area contributed by atoms with Crippen LogP contribution >= 0.6 is 0 Å². The number of hydrogen-bond donors (Lipinski definition) is 1. The lowest BCUT2D eigenvalue weighted by atomic mass is 9.83. The van der Waals surface area contributed by atoms with Gasteiger partial charge in [0.1, 0.15) is 0 Å². The van der Waals surface area contributed by atoms with E-state index in [2.05, 4.69) is 11.4 Å². The fourth-order valence-corrected chi connectivity index (χ4v) is 2.68. The maximum absolute atomic E-state index is 10.6. The van der Waals surface area contributed by atoms with Gasteiger partial charge in [0.25, 0.3) is 0 Å². The van der Waals surface area contributed by atoms with Crippen molar-refractivity contribution in [1.29, 1.82) is 0 Å². The lowest BCUT2D eigenvalue weighted by molar-refractivity contribution is -0.105. The van der Waals surface area contributed by atoms with Crippen molar-refractivity contribution in [1.82, 2.24) is 0 Å². The molecule has 0 radical (unpaired) electrons. The maximum atomic E-state index is 10.6. The van der Waals surface area contributed by atoms with Gasteiger partial charge in [0.15, 0.2) is 0 Å². The molecule has 1 aromatic carbocycles. The molecule has 1 amide bonds. The SMILES string of the molecule is O=CNc1c2c(cc3c1CC3)CCC2. The molecule has 72 valence electrons. The Kier molecular flexibility index (Phi) is 1.63. The van der Waals surface area contributed by atoms with Crippen LogP contribution in [0.25, 0.3) is 0 Å². The molecule has 0 spiro atoms. The summed E-state index contributed by atoms with van der Waals surface area (Å²) in [5, 5.41) is 2.89. The van der Waals surface area contributed by atoms with Gasteiger partial charge in [-0.2, -0.15) is 0 Å². The number of carbonyl (C=O) groups excluding carboxylic acids is 1. The highest BCUT2D eigenvalue weighted by atomic mass is 16.1. The summed E-state index contributed by atoms with van der Waals surface area (Å²) < 4.78 is 0. The van der Waals surface area contributed by atoms with E-state index in [1.54, 1.807) is 0 Å². The Balaban J connectivity index is 2.19. The monoisotopic (exact) mass is 187 g/mol. The minimum atomic E-state index is 0.812. The van der Waals surface area contributed by atoms with Gasteiger partial charge in [0.2, 0.25) is 6.41 Å². The second-order valence-corrected chi connectivity index (χ2v) is 4.14. The fourth-order valence-electron chi connectivity index (χ4n) is 2.68. The molecule has 0 heterocycles. The molecule has 2 aliphatic rings. The van der Waals surface area contributed by atoms with Gasteiger partial charge in [-0.1, -0.05) is 6.07 Å². The molecular weight excluding hydrogens is 174 g/mol. The second-order valence-electron chi connectivity index (χ2n) is 4.14. The predicted octanol–water partition coefficient (Wildman–Crippen LogP) is 1.84. The van der Waals surface area contributed by atoms with Gasteiger partial charge in [0, 0.05) is 5.69 Å². The summed E-state index contributed by atoms with van der Waals surface area (Å²) in [4.78, 5) is 10.6. The Bertz CT molecular complexity index is 409. The molecule has 3 rings (SSSR count). The van der Waals surface area contributed by atoms with E-state index in [1.807, 2.05) is 0 Å². The third-order valence-electron chi connectivity index (χ3n) is 3.45. The van der Waals surface area contributed by atoms with Gasteiger partial charge >= 0.3 is 0 Å². The van der Waals surface area contributed by atoms with Crippen LogP contribution in [-0.4, -0.2) is 6.41 Å². The summed E-state index contributed by atoms with van der Waals surface area (Å²) in [6.45, 7) is 0. The average molecular weight is 187 g/mol. The number of hydrogen-bond acceptors (Lipinski definition) is 1. The molecule has 0 aromatic heterocycles. The standard InChI is InChI=1S/C12H13NO/c14-7-13-12-10-3-1-2-8(10)6-9-4-5-11(9)12/h6-7H,1-5H2,(H,13,14).